The zero-order chi connectivity index (χ0) is 18.5. The van der Waals surface area contributed by atoms with E-state index >= 15 is 0 Å². The highest BCUT2D eigenvalue weighted by atomic mass is 35.5. The molecule has 0 aliphatic carbocycles. The Kier molecular flexibility index (Phi) is 5.48. The van der Waals surface area contributed by atoms with Crippen LogP contribution in [0.5, 0.6) is 17.2 Å². The highest BCUT2D eigenvalue weighted by molar-refractivity contribution is 6.30. The maximum Gasteiger partial charge on any atom is 0.283 e. The average molecular weight is 377 g/mol. The number of nitrogens with one attached hydrogen (secondary N) is 2. The van der Waals surface area contributed by atoms with E-state index in [9.17, 15) is 9.59 Å². The van der Waals surface area contributed by atoms with Gasteiger partial charge in [0.1, 0.15) is 12.4 Å². The molecule has 0 bridgehead atoms. The lowest BCUT2D eigenvalue weighted by atomic mass is 10.2. The summed E-state index contributed by atoms with van der Waals surface area (Å²) in [5.41, 5.74) is 4.62. The van der Waals surface area contributed by atoms with Gasteiger partial charge in [-0.25, -0.2) is 0 Å². The Bertz CT molecular complexity index is 814. The van der Waals surface area contributed by atoms with Crippen molar-refractivity contribution in [2.45, 2.75) is 19.1 Å². The quantitative estimate of drug-likeness (QED) is 0.798. The number of carbonyl (C=O) groups is 2. The van der Waals surface area contributed by atoms with Gasteiger partial charge in [0.15, 0.2) is 17.6 Å². The highest BCUT2D eigenvalue weighted by Gasteiger charge is 2.28. The summed E-state index contributed by atoms with van der Waals surface area (Å²) in [7, 11) is 0. The van der Waals surface area contributed by atoms with Gasteiger partial charge in [0.2, 0.25) is 6.10 Å². The third kappa shape index (κ3) is 4.37. The Morgan fingerprint density at radius 3 is 2.69 bits per heavy atom. The fourth-order valence-corrected chi connectivity index (χ4v) is 2.43. The molecule has 2 aromatic rings. The molecule has 0 fully saturated rings. The Labute approximate surface area is 155 Å². The van der Waals surface area contributed by atoms with E-state index in [1.165, 1.54) is 0 Å². The molecule has 136 valence electrons. The van der Waals surface area contributed by atoms with E-state index < -0.39 is 24.0 Å². The fourth-order valence-electron chi connectivity index (χ4n) is 2.25. The first kappa shape index (κ1) is 17.9. The minimum absolute atomic E-state index is 0.0489. The molecule has 2 amide bonds. The zero-order valence-electron chi connectivity index (χ0n) is 13.9. The maximum absolute atomic E-state index is 12.1. The second-order valence-electron chi connectivity index (χ2n) is 5.56. The zero-order valence-corrected chi connectivity index (χ0v) is 14.7. The Balaban J connectivity index is 1.49. The van der Waals surface area contributed by atoms with Gasteiger partial charge in [0, 0.05) is 5.02 Å². The minimum atomic E-state index is -0.866. The molecule has 2 aromatic carbocycles. The van der Waals surface area contributed by atoms with Crippen molar-refractivity contribution in [2.75, 3.05) is 6.61 Å². The predicted octanol–water partition coefficient (Wildman–Crippen LogP) is 2.09. The van der Waals surface area contributed by atoms with E-state index in [2.05, 4.69) is 10.9 Å². The van der Waals surface area contributed by atoms with E-state index in [-0.39, 0.29) is 6.61 Å². The lowest BCUT2D eigenvalue weighted by Crippen LogP contribution is -2.53. The van der Waals surface area contributed by atoms with Crippen molar-refractivity contribution < 1.29 is 23.8 Å². The minimum Gasteiger partial charge on any atom is -0.485 e. The van der Waals surface area contributed by atoms with Crippen LogP contribution in [0.4, 0.5) is 0 Å². The van der Waals surface area contributed by atoms with E-state index in [4.69, 9.17) is 25.8 Å². The van der Waals surface area contributed by atoms with Crippen molar-refractivity contribution in [3.63, 3.8) is 0 Å². The number of rotatable bonds is 4. The Morgan fingerprint density at radius 1 is 1.15 bits per heavy atom. The van der Waals surface area contributed by atoms with Crippen molar-refractivity contribution in [1.29, 1.82) is 0 Å². The van der Waals surface area contributed by atoms with Gasteiger partial charge in [-0.15, -0.1) is 0 Å². The molecule has 26 heavy (non-hydrogen) atoms. The SMILES string of the molecule is C[C@H](Oc1cccc(Cl)c1)C(=O)NNC(=O)[C@H]1COc2ccccc2O1. The van der Waals surface area contributed by atoms with Crippen LogP contribution < -0.4 is 25.1 Å². The van der Waals surface area contributed by atoms with Gasteiger partial charge in [0.25, 0.3) is 11.8 Å². The number of amides is 2. The van der Waals surface area contributed by atoms with Crippen LogP contribution in [0, 0.1) is 0 Å². The smallest absolute Gasteiger partial charge is 0.283 e. The lowest BCUT2D eigenvalue weighted by molar-refractivity contribution is -0.137. The normalized spacial score (nSPS) is 16.3. The van der Waals surface area contributed by atoms with E-state index in [1.54, 1.807) is 49.4 Å². The molecule has 7 nitrogen and oxygen atoms in total. The molecule has 1 heterocycles. The van der Waals surface area contributed by atoms with Gasteiger partial charge < -0.3 is 14.2 Å². The molecule has 3 rings (SSSR count). The first-order chi connectivity index (χ1) is 12.5. The molecule has 2 atom stereocenters. The van der Waals surface area contributed by atoms with Crippen LogP contribution in [0.2, 0.25) is 5.02 Å². The summed E-state index contributed by atoms with van der Waals surface area (Å²) in [4.78, 5) is 24.2. The monoisotopic (exact) mass is 376 g/mol. The molecule has 0 aromatic heterocycles. The molecule has 2 N–H and O–H groups in total. The largest absolute Gasteiger partial charge is 0.485 e. The molecule has 1 aliphatic heterocycles. The molecule has 0 radical (unpaired) electrons. The number of hydrazine groups is 1. The second-order valence-corrected chi connectivity index (χ2v) is 6.00. The molecule has 0 saturated carbocycles. The van der Waals surface area contributed by atoms with Gasteiger partial charge in [-0.05, 0) is 37.3 Å². The topological polar surface area (TPSA) is 85.9 Å². The molecule has 0 saturated heterocycles. The van der Waals surface area contributed by atoms with Crippen molar-refractivity contribution in [3.8, 4) is 17.2 Å². The second kappa shape index (κ2) is 7.97. The summed E-state index contributed by atoms with van der Waals surface area (Å²) >= 11 is 5.87. The number of hydrogen-bond acceptors (Lipinski definition) is 5. The van der Waals surface area contributed by atoms with Gasteiger partial charge in [-0.3, -0.25) is 20.4 Å². The van der Waals surface area contributed by atoms with E-state index in [0.29, 0.717) is 22.3 Å². The standard InChI is InChI=1S/C18H17ClN2O5/c1-11(25-13-6-4-5-12(19)9-13)17(22)20-21-18(23)16-10-24-14-7-2-3-8-15(14)26-16/h2-9,11,16H,10H2,1H3,(H,20,22)(H,21,23)/t11-,16+/m0/s1. The first-order valence-electron chi connectivity index (χ1n) is 7.93. The number of fused-ring (bicyclic) bond motifs is 1. The summed E-state index contributed by atoms with van der Waals surface area (Å²) in [6.45, 7) is 1.60. The van der Waals surface area contributed by atoms with Crippen LogP contribution >= 0.6 is 11.6 Å². The molecule has 0 spiro atoms. The van der Waals surface area contributed by atoms with Crippen LogP contribution in [0.15, 0.2) is 48.5 Å². The summed E-state index contributed by atoms with van der Waals surface area (Å²) in [5, 5.41) is 0.498. The lowest BCUT2D eigenvalue weighted by Gasteiger charge is -2.25. The van der Waals surface area contributed by atoms with Crippen molar-refractivity contribution >= 4 is 23.4 Å². The summed E-state index contributed by atoms with van der Waals surface area (Å²) in [6.07, 6.45) is -1.70. The van der Waals surface area contributed by atoms with E-state index in [1.807, 2.05) is 6.07 Å². The molecule has 1 aliphatic rings. The predicted molar refractivity (Wildman–Crippen MR) is 94.2 cm³/mol. The Morgan fingerprint density at radius 2 is 1.92 bits per heavy atom. The van der Waals surface area contributed by atoms with Gasteiger partial charge in [0.05, 0.1) is 0 Å². The number of halogens is 1. The summed E-state index contributed by atoms with van der Waals surface area (Å²) < 4.78 is 16.5. The molecule has 0 unspecified atom stereocenters. The van der Waals surface area contributed by atoms with Crippen molar-refractivity contribution in [2.24, 2.45) is 0 Å². The number of carbonyl (C=O) groups excluding carboxylic acids is 2. The first-order valence-corrected chi connectivity index (χ1v) is 8.31. The molecular formula is C18H17ClN2O5. The van der Waals surface area contributed by atoms with Gasteiger partial charge >= 0.3 is 0 Å². The number of para-hydroxylation sites is 2. The van der Waals surface area contributed by atoms with Crippen LogP contribution in [0.3, 0.4) is 0 Å². The van der Waals surface area contributed by atoms with Gasteiger partial charge in [-0.2, -0.15) is 0 Å². The summed E-state index contributed by atoms with van der Waals surface area (Å²) in [6, 6.07) is 13.7. The Hall–Kier alpha value is -2.93. The van der Waals surface area contributed by atoms with Crippen LogP contribution in [-0.2, 0) is 9.59 Å². The van der Waals surface area contributed by atoms with Crippen molar-refractivity contribution in [1.82, 2.24) is 10.9 Å². The maximum atomic E-state index is 12.1. The van der Waals surface area contributed by atoms with Crippen molar-refractivity contribution in [3.05, 3.63) is 53.6 Å². The number of hydrogen-bond donors (Lipinski definition) is 2. The van der Waals surface area contributed by atoms with Crippen LogP contribution in [-0.4, -0.2) is 30.6 Å². The number of ether oxygens (including phenoxy) is 3. The highest BCUT2D eigenvalue weighted by Crippen LogP contribution is 2.30. The molecule has 8 heteroatoms. The fraction of sp³-hybridized carbons (Fsp3) is 0.222. The van der Waals surface area contributed by atoms with Crippen LogP contribution in [0.25, 0.3) is 0 Å². The third-order valence-corrected chi connectivity index (χ3v) is 3.82. The number of benzene rings is 2. The van der Waals surface area contributed by atoms with E-state index in [0.717, 1.165) is 0 Å². The average Bonchev–Trinajstić information content (AvgIpc) is 2.65. The molecular weight excluding hydrogens is 360 g/mol. The van der Waals surface area contributed by atoms with Gasteiger partial charge in [-0.1, -0.05) is 29.8 Å². The third-order valence-electron chi connectivity index (χ3n) is 3.59. The van der Waals surface area contributed by atoms with Crippen LogP contribution in [0.1, 0.15) is 6.92 Å². The summed E-state index contributed by atoms with van der Waals surface area (Å²) in [5.74, 6) is 0.456.